The number of nitrogens with one attached hydrogen (secondary N) is 1. The van der Waals surface area contributed by atoms with Crippen molar-refractivity contribution in [2.45, 2.75) is 45.8 Å². The van der Waals surface area contributed by atoms with Crippen LogP contribution in [0.5, 0.6) is 0 Å². The van der Waals surface area contributed by atoms with Crippen LogP contribution in [0.25, 0.3) is 0 Å². The number of hydrogen-bond acceptors (Lipinski definition) is 4. The van der Waals surface area contributed by atoms with Gasteiger partial charge in [0, 0.05) is 24.9 Å². The summed E-state index contributed by atoms with van der Waals surface area (Å²) in [6.45, 7) is 8.71. The maximum absolute atomic E-state index is 13.4. The molecule has 2 unspecified atom stereocenters. The molecule has 0 saturated carbocycles. The molecule has 0 aliphatic carbocycles. The number of carbonyl (C=O) groups is 1. The molecule has 2 heterocycles. The van der Waals surface area contributed by atoms with Crippen LogP contribution in [0.15, 0.2) is 29.3 Å². The quantitative estimate of drug-likeness (QED) is 0.460. The molecule has 34 heavy (non-hydrogen) atoms. The van der Waals surface area contributed by atoms with E-state index < -0.39 is 23.8 Å². The fourth-order valence-corrected chi connectivity index (χ4v) is 4.36. The van der Waals surface area contributed by atoms with E-state index in [1.165, 1.54) is 0 Å². The second-order valence-electron chi connectivity index (χ2n) is 8.26. The second-order valence-corrected chi connectivity index (χ2v) is 9.07. The molecule has 1 aromatic heterocycles. The molecule has 1 aliphatic heterocycles. The molecule has 0 saturated heterocycles. The molecular weight excluding hydrogens is 490 g/mol. The number of aliphatic imine (C=N–C) groups is 1. The van der Waals surface area contributed by atoms with E-state index in [4.69, 9.17) is 23.2 Å². The van der Waals surface area contributed by atoms with Gasteiger partial charge >= 0.3 is 6.18 Å². The van der Waals surface area contributed by atoms with Crippen LogP contribution in [-0.2, 0) is 11.0 Å². The molecule has 2 aromatic rings. The van der Waals surface area contributed by atoms with E-state index in [9.17, 15) is 18.0 Å². The van der Waals surface area contributed by atoms with Crippen molar-refractivity contribution in [3.8, 4) is 0 Å². The van der Waals surface area contributed by atoms with E-state index in [2.05, 4.69) is 34.2 Å². The monoisotopic (exact) mass is 517 g/mol. The SMILES string of the molecule is CCCCN(CC)CCNC(=O)C1C(C)=Nc2cc(C(F)(F)F)nn2C1c1ccc(Cl)c(Cl)c1. The highest BCUT2D eigenvalue weighted by Gasteiger charge is 2.42. The van der Waals surface area contributed by atoms with Gasteiger partial charge in [-0.15, -0.1) is 0 Å². The van der Waals surface area contributed by atoms with Gasteiger partial charge in [-0.2, -0.15) is 18.3 Å². The number of fused-ring (bicyclic) bond motifs is 1. The normalized spacial score (nSPS) is 18.1. The molecule has 0 radical (unpaired) electrons. The Morgan fingerprint density at radius 1 is 1.18 bits per heavy atom. The van der Waals surface area contributed by atoms with Crippen LogP contribution in [0, 0.1) is 5.92 Å². The van der Waals surface area contributed by atoms with Gasteiger partial charge in [-0.05, 0) is 44.1 Å². The maximum atomic E-state index is 13.4. The van der Waals surface area contributed by atoms with Gasteiger partial charge in [0.1, 0.15) is 5.92 Å². The molecule has 1 N–H and O–H groups in total. The molecule has 0 spiro atoms. The van der Waals surface area contributed by atoms with Crippen LogP contribution in [0.1, 0.15) is 50.9 Å². The number of halogens is 5. The first kappa shape index (κ1) is 26.5. The first-order chi connectivity index (χ1) is 16.1. The van der Waals surface area contributed by atoms with Crippen molar-refractivity contribution in [1.29, 1.82) is 0 Å². The first-order valence-electron chi connectivity index (χ1n) is 11.2. The fourth-order valence-electron chi connectivity index (χ4n) is 4.05. The minimum atomic E-state index is -4.64. The Balaban J connectivity index is 1.92. The van der Waals surface area contributed by atoms with Gasteiger partial charge in [-0.1, -0.05) is 49.5 Å². The fraction of sp³-hybridized carbons (Fsp3) is 0.522. The van der Waals surface area contributed by atoms with E-state index in [0.29, 0.717) is 29.4 Å². The van der Waals surface area contributed by atoms with Crippen molar-refractivity contribution < 1.29 is 18.0 Å². The number of carbonyl (C=O) groups excluding carboxylic acids is 1. The van der Waals surface area contributed by atoms with E-state index in [0.717, 1.165) is 36.7 Å². The summed E-state index contributed by atoms with van der Waals surface area (Å²) in [5, 5.41) is 7.24. The predicted molar refractivity (Wildman–Crippen MR) is 128 cm³/mol. The first-order valence-corrected chi connectivity index (χ1v) is 12.0. The number of rotatable bonds is 9. The summed E-state index contributed by atoms with van der Waals surface area (Å²) in [6.07, 6.45) is -2.49. The van der Waals surface area contributed by atoms with E-state index in [1.807, 2.05) is 0 Å². The van der Waals surface area contributed by atoms with Gasteiger partial charge in [0.15, 0.2) is 11.5 Å². The third-order valence-corrected chi connectivity index (χ3v) is 6.64. The molecule has 0 bridgehead atoms. The smallest absolute Gasteiger partial charge is 0.354 e. The molecule has 2 atom stereocenters. The largest absolute Gasteiger partial charge is 0.435 e. The molecule has 186 valence electrons. The Hall–Kier alpha value is -2.10. The van der Waals surface area contributed by atoms with Gasteiger partial charge in [-0.25, -0.2) is 9.67 Å². The summed E-state index contributed by atoms with van der Waals surface area (Å²) in [6, 6.07) is 4.77. The summed E-state index contributed by atoms with van der Waals surface area (Å²) in [5.41, 5.74) is -0.160. The van der Waals surface area contributed by atoms with Crippen molar-refractivity contribution in [3.63, 3.8) is 0 Å². The average Bonchev–Trinajstić information content (AvgIpc) is 3.21. The number of aromatic nitrogens is 2. The number of likely N-dealkylation sites (N-methyl/N-ethyl adjacent to an activating group) is 1. The zero-order chi connectivity index (χ0) is 25.0. The van der Waals surface area contributed by atoms with Crippen LogP contribution in [-0.4, -0.2) is 52.5 Å². The highest BCUT2D eigenvalue weighted by molar-refractivity contribution is 6.42. The van der Waals surface area contributed by atoms with Crippen molar-refractivity contribution in [2.24, 2.45) is 10.9 Å². The maximum Gasteiger partial charge on any atom is 0.435 e. The molecule has 1 aromatic carbocycles. The number of nitrogens with zero attached hydrogens (tertiary/aromatic N) is 4. The Kier molecular flexibility index (Phi) is 8.65. The zero-order valence-corrected chi connectivity index (χ0v) is 20.8. The standard InChI is InChI=1S/C23H28Cl2F3N5O/c1-4-6-10-32(5-2)11-9-29-22(34)20-14(3)30-19-13-18(23(26,27)28)31-33(19)21(20)15-7-8-16(24)17(25)12-15/h7-8,12-13,20-21H,4-6,9-11H2,1-3H3,(H,29,34). The predicted octanol–water partition coefficient (Wildman–Crippen LogP) is 5.76. The lowest BCUT2D eigenvalue weighted by Crippen LogP contribution is -2.44. The van der Waals surface area contributed by atoms with Crippen molar-refractivity contribution >= 4 is 40.6 Å². The van der Waals surface area contributed by atoms with Gasteiger partial charge in [0.05, 0.1) is 16.1 Å². The Morgan fingerprint density at radius 2 is 1.91 bits per heavy atom. The average molecular weight is 518 g/mol. The molecule has 1 aliphatic rings. The Bertz CT molecular complexity index is 1050. The van der Waals surface area contributed by atoms with Crippen LogP contribution < -0.4 is 5.32 Å². The summed E-state index contributed by atoms with van der Waals surface area (Å²) < 4.78 is 41.3. The topological polar surface area (TPSA) is 62.5 Å². The third kappa shape index (κ3) is 5.93. The summed E-state index contributed by atoms with van der Waals surface area (Å²) >= 11 is 12.2. The summed E-state index contributed by atoms with van der Waals surface area (Å²) in [7, 11) is 0. The number of amides is 1. The summed E-state index contributed by atoms with van der Waals surface area (Å²) in [5.74, 6) is -1.17. The highest BCUT2D eigenvalue weighted by atomic mass is 35.5. The number of unbranched alkanes of at least 4 members (excludes halogenated alkanes) is 1. The summed E-state index contributed by atoms with van der Waals surface area (Å²) in [4.78, 5) is 19.8. The molecule has 0 fully saturated rings. The van der Waals surface area contributed by atoms with Crippen molar-refractivity contribution in [2.75, 3.05) is 26.2 Å². The van der Waals surface area contributed by atoms with Gasteiger partial charge in [0.2, 0.25) is 5.91 Å². The zero-order valence-electron chi connectivity index (χ0n) is 19.3. The molecular formula is C23H28Cl2F3N5O. The molecule has 3 rings (SSSR count). The van der Waals surface area contributed by atoms with Crippen molar-refractivity contribution in [3.05, 3.63) is 45.6 Å². The lowest BCUT2D eigenvalue weighted by Gasteiger charge is -2.31. The van der Waals surface area contributed by atoms with Crippen LogP contribution in [0.2, 0.25) is 10.0 Å². The minimum Gasteiger partial charge on any atom is -0.354 e. The third-order valence-electron chi connectivity index (χ3n) is 5.90. The van der Waals surface area contributed by atoms with Gasteiger partial charge in [0.25, 0.3) is 0 Å². The number of benzene rings is 1. The minimum absolute atomic E-state index is 0.0293. The molecule has 11 heteroatoms. The number of hydrogen-bond donors (Lipinski definition) is 1. The molecule has 6 nitrogen and oxygen atoms in total. The number of alkyl halides is 3. The van der Waals surface area contributed by atoms with Crippen LogP contribution >= 0.6 is 23.2 Å². The lowest BCUT2D eigenvalue weighted by atomic mass is 9.87. The highest BCUT2D eigenvalue weighted by Crippen LogP contribution is 2.41. The lowest BCUT2D eigenvalue weighted by molar-refractivity contribution is -0.141. The second kappa shape index (κ2) is 11.1. The van der Waals surface area contributed by atoms with Crippen molar-refractivity contribution in [1.82, 2.24) is 20.0 Å². The Labute approximate surface area is 207 Å². The van der Waals surface area contributed by atoms with E-state index in [-0.39, 0.29) is 16.7 Å². The van der Waals surface area contributed by atoms with Gasteiger partial charge in [-0.3, -0.25) is 4.79 Å². The Morgan fingerprint density at radius 3 is 2.53 bits per heavy atom. The van der Waals surface area contributed by atoms with E-state index in [1.54, 1.807) is 25.1 Å². The van der Waals surface area contributed by atoms with Gasteiger partial charge < -0.3 is 10.2 Å². The van der Waals surface area contributed by atoms with Crippen LogP contribution in [0.4, 0.5) is 19.0 Å². The van der Waals surface area contributed by atoms with E-state index >= 15 is 0 Å². The molecule has 1 amide bonds. The van der Waals surface area contributed by atoms with Crippen LogP contribution in [0.3, 0.4) is 0 Å².